The first-order chi connectivity index (χ1) is 7.61. The maximum absolute atomic E-state index is 11.8. The summed E-state index contributed by atoms with van der Waals surface area (Å²) in [7, 11) is 0. The number of nitrogens with two attached hydrogens (primary N) is 1. The summed E-state index contributed by atoms with van der Waals surface area (Å²) in [5.74, 6) is 0.588. The fourth-order valence-corrected chi connectivity index (χ4v) is 3.11. The molecule has 2 atom stereocenters. The van der Waals surface area contributed by atoms with Gasteiger partial charge in [0.2, 0.25) is 5.91 Å². The minimum atomic E-state index is 0.197. The summed E-state index contributed by atoms with van der Waals surface area (Å²) in [5, 5.41) is 0. The minimum Gasteiger partial charge on any atom is -0.335 e. The highest BCUT2D eigenvalue weighted by Crippen LogP contribution is 2.31. The van der Waals surface area contributed by atoms with E-state index in [1.807, 2.05) is 4.90 Å². The lowest BCUT2D eigenvalue weighted by Gasteiger charge is -2.23. The quantitative estimate of drug-likeness (QED) is 0.874. The molecule has 0 bridgehead atoms. The van der Waals surface area contributed by atoms with Crippen molar-refractivity contribution in [3.63, 3.8) is 0 Å². The van der Waals surface area contributed by atoms with Gasteiger partial charge in [0.05, 0.1) is 6.04 Å². The van der Waals surface area contributed by atoms with Gasteiger partial charge in [0.15, 0.2) is 0 Å². The summed E-state index contributed by atoms with van der Waals surface area (Å²) in [5.41, 5.74) is 5.62. The average Bonchev–Trinajstić information content (AvgIpc) is 2.83. The Morgan fingerprint density at radius 2 is 2.38 bits per heavy atom. The Hall–Kier alpha value is -0.870. The number of carbonyl (C=O) groups is 1. The highest BCUT2D eigenvalue weighted by atomic mass is 32.1. The molecular weight excluding hydrogens is 220 g/mol. The van der Waals surface area contributed by atoms with E-state index >= 15 is 0 Å². The molecule has 0 spiro atoms. The van der Waals surface area contributed by atoms with Gasteiger partial charge in [0.25, 0.3) is 0 Å². The highest BCUT2D eigenvalue weighted by Gasteiger charge is 2.32. The average molecular weight is 238 g/mol. The van der Waals surface area contributed by atoms with E-state index in [0.29, 0.717) is 18.9 Å². The van der Waals surface area contributed by atoms with Gasteiger partial charge in [-0.15, -0.1) is 11.3 Å². The molecule has 2 rings (SSSR count). The Bertz CT molecular complexity index is 388. The lowest BCUT2D eigenvalue weighted by molar-refractivity contribution is -0.129. The molecule has 0 saturated carbocycles. The van der Waals surface area contributed by atoms with Crippen LogP contribution in [0.5, 0.6) is 0 Å². The molecule has 1 fully saturated rings. The van der Waals surface area contributed by atoms with Crippen LogP contribution in [-0.2, 0) is 4.79 Å². The topological polar surface area (TPSA) is 46.3 Å². The Kier molecular flexibility index (Phi) is 3.30. The molecule has 4 heteroatoms. The van der Waals surface area contributed by atoms with Crippen LogP contribution in [-0.4, -0.2) is 23.9 Å². The zero-order valence-corrected chi connectivity index (χ0v) is 10.6. The van der Waals surface area contributed by atoms with Gasteiger partial charge in [-0.3, -0.25) is 4.79 Å². The SMILES string of the molecule is Cc1ccc(C(C)N2CC(CN)CC2=O)s1. The number of amides is 1. The van der Waals surface area contributed by atoms with E-state index in [9.17, 15) is 4.79 Å². The molecule has 2 heterocycles. The number of aryl methyl sites for hydroxylation is 1. The number of hydrogen-bond donors (Lipinski definition) is 1. The predicted octanol–water partition coefficient (Wildman–Crippen LogP) is 1.92. The summed E-state index contributed by atoms with van der Waals surface area (Å²) in [6.45, 7) is 5.61. The summed E-state index contributed by atoms with van der Waals surface area (Å²) >= 11 is 1.77. The van der Waals surface area contributed by atoms with Gasteiger partial charge in [-0.1, -0.05) is 0 Å². The molecule has 1 aliphatic rings. The maximum Gasteiger partial charge on any atom is 0.223 e. The summed E-state index contributed by atoms with van der Waals surface area (Å²) < 4.78 is 0. The van der Waals surface area contributed by atoms with Crippen molar-refractivity contribution in [3.8, 4) is 0 Å². The van der Waals surface area contributed by atoms with Crippen LogP contribution in [0.2, 0.25) is 0 Å². The van der Waals surface area contributed by atoms with Crippen molar-refractivity contribution < 1.29 is 4.79 Å². The number of nitrogens with zero attached hydrogens (tertiary/aromatic N) is 1. The van der Waals surface area contributed by atoms with Gasteiger partial charge >= 0.3 is 0 Å². The summed E-state index contributed by atoms with van der Waals surface area (Å²) in [6, 6.07) is 4.42. The van der Waals surface area contributed by atoms with Crippen LogP contribution in [0.1, 0.15) is 29.1 Å². The van der Waals surface area contributed by atoms with Gasteiger partial charge in [0, 0.05) is 22.7 Å². The van der Waals surface area contributed by atoms with Gasteiger partial charge < -0.3 is 10.6 Å². The van der Waals surface area contributed by atoms with E-state index in [-0.39, 0.29) is 11.9 Å². The van der Waals surface area contributed by atoms with Crippen molar-refractivity contribution in [1.82, 2.24) is 4.90 Å². The zero-order chi connectivity index (χ0) is 11.7. The van der Waals surface area contributed by atoms with Crippen molar-refractivity contribution in [2.45, 2.75) is 26.3 Å². The lowest BCUT2D eigenvalue weighted by Crippen LogP contribution is -2.28. The summed E-state index contributed by atoms with van der Waals surface area (Å²) in [4.78, 5) is 16.4. The first-order valence-electron chi connectivity index (χ1n) is 5.67. The molecule has 2 N–H and O–H groups in total. The van der Waals surface area contributed by atoms with E-state index in [1.165, 1.54) is 9.75 Å². The second-order valence-electron chi connectivity index (χ2n) is 4.48. The molecule has 88 valence electrons. The fraction of sp³-hybridized carbons (Fsp3) is 0.583. The molecule has 0 aliphatic carbocycles. The van der Waals surface area contributed by atoms with Crippen molar-refractivity contribution >= 4 is 17.2 Å². The normalized spacial score (nSPS) is 22.8. The Morgan fingerprint density at radius 1 is 1.62 bits per heavy atom. The van der Waals surface area contributed by atoms with E-state index in [2.05, 4.69) is 26.0 Å². The number of likely N-dealkylation sites (tertiary alicyclic amines) is 1. The Morgan fingerprint density at radius 3 is 2.88 bits per heavy atom. The predicted molar refractivity (Wildman–Crippen MR) is 66.3 cm³/mol. The second-order valence-corrected chi connectivity index (χ2v) is 5.80. The van der Waals surface area contributed by atoms with Crippen molar-refractivity contribution in [1.29, 1.82) is 0 Å². The van der Waals surface area contributed by atoms with E-state index < -0.39 is 0 Å². The van der Waals surface area contributed by atoms with Crippen molar-refractivity contribution in [2.24, 2.45) is 11.7 Å². The molecule has 2 unspecified atom stereocenters. The molecule has 1 saturated heterocycles. The van der Waals surface area contributed by atoms with Crippen LogP contribution in [0.4, 0.5) is 0 Å². The van der Waals surface area contributed by atoms with E-state index in [0.717, 1.165) is 6.54 Å². The number of rotatable bonds is 3. The molecule has 0 aromatic carbocycles. The van der Waals surface area contributed by atoms with E-state index in [1.54, 1.807) is 11.3 Å². The van der Waals surface area contributed by atoms with Crippen LogP contribution in [0.15, 0.2) is 12.1 Å². The molecule has 1 amide bonds. The Balaban J connectivity index is 2.10. The van der Waals surface area contributed by atoms with Gasteiger partial charge in [0.1, 0.15) is 0 Å². The van der Waals surface area contributed by atoms with Gasteiger partial charge in [-0.25, -0.2) is 0 Å². The third kappa shape index (κ3) is 2.13. The second kappa shape index (κ2) is 4.55. The van der Waals surface area contributed by atoms with Gasteiger partial charge in [-0.05, 0) is 38.4 Å². The maximum atomic E-state index is 11.8. The van der Waals surface area contributed by atoms with Crippen LogP contribution in [0.3, 0.4) is 0 Å². The first kappa shape index (κ1) is 11.6. The van der Waals surface area contributed by atoms with Crippen LogP contribution >= 0.6 is 11.3 Å². The molecule has 1 aromatic rings. The third-order valence-corrected chi connectivity index (χ3v) is 4.38. The molecule has 1 aromatic heterocycles. The lowest BCUT2D eigenvalue weighted by atomic mass is 10.1. The van der Waals surface area contributed by atoms with Gasteiger partial charge in [-0.2, -0.15) is 0 Å². The number of carbonyl (C=O) groups excluding carboxylic acids is 1. The molecule has 3 nitrogen and oxygen atoms in total. The third-order valence-electron chi connectivity index (χ3n) is 3.21. The highest BCUT2D eigenvalue weighted by molar-refractivity contribution is 7.12. The Labute approximate surface area is 100 Å². The number of hydrogen-bond acceptors (Lipinski definition) is 3. The molecular formula is C12H18N2OS. The number of thiophene rings is 1. The molecule has 16 heavy (non-hydrogen) atoms. The smallest absolute Gasteiger partial charge is 0.223 e. The largest absolute Gasteiger partial charge is 0.335 e. The van der Waals surface area contributed by atoms with Crippen molar-refractivity contribution in [2.75, 3.05) is 13.1 Å². The van der Waals surface area contributed by atoms with Crippen LogP contribution < -0.4 is 5.73 Å². The standard InChI is InChI=1S/C12H18N2OS/c1-8-3-4-11(16-8)9(2)14-7-10(6-13)5-12(14)15/h3-4,9-10H,5-7,13H2,1-2H3. The monoisotopic (exact) mass is 238 g/mol. The van der Waals surface area contributed by atoms with Crippen molar-refractivity contribution in [3.05, 3.63) is 21.9 Å². The molecule has 0 radical (unpaired) electrons. The van der Waals surface area contributed by atoms with Crippen LogP contribution in [0, 0.1) is 12.8 Å². The molecule has 1 aliphatic heterocycles. The van der Waals surface area contributed by atoms with Crippen LogP contribution in [0.25, 0.3) is 0 Å². The summed E-state index contributed by atoms with van der Waals surface area (Å²) in [6.07, 6.45) is 0.616. The van der Waals surface area contributed by atoms with E-state index in [4.69, 9.17) is 5.73 Å². The zero-order valence-electron chi connectivity index (χ0n) is 9.77. The first-order valence-corrected chi connectivity index (χ1v) is 6.49. The fourth-order valence-electron chi connectivity index (χ4n) is 2.17. The minimum absolute atomic E-state index is 0.197.